The SMILES string of the molecule is COc1cc(C(=O)NCC(=O)Nc2nc3c(s2)CCC3)cc(OC)c1OC. The van der Waals surface area contributed by atoms with E-state index < -0.39 is 5.91 Å². The van der Waals surface area contributed by atoms with Crippen LogP contribution < -0.4 is 24.8 Å². The van der Waals surface area contributed by atoms with Crippen LogP contribution in [0.15, 0.2) is 12.1 Å². The van der Waals surface area contributed by atoms with Crippen LogP contribution in [0.1, 0.15) is 27.3 Å². The molecule has 27 heavy (non-hydrogen) atoms. The predicted molar refractivity (Wildman–Crippen MR) is 101 cm³/mol. The lowest BCUT2D eigenvalue weighted by Gasteiger charge is -2.14. The van der Waals surface area contributed by atoms with Gasteiger partial charge in [-0.25, -0.2) is 4.98 Å². The molecule has 1 aliphatic carbocycles. The van der Waals surface area contributed by atoms with Crippen molar-refractivity contribution in [3.8, 4) is 17.2 Å². The second-order valence-corrected chi connectivity index (χ2v) is 6.97. The van der Waals surface area contributed by atoms with E-state index in [0.29, 0.717) is 27.9 Å². The number of benzene rings is 1. The third-order valence-electron chi connectivity index (χ3n) is 4.18. The number of nitrogens with zero attached hydrogens (tertiary/aromatic N) is 1. The Morgan fingerprint density at radius 1 is 1.11 bits per heavy atom. The number of hydrogen-bond donors (Lipinski definition) is 2. The van der Waals surface area contributed by atoms with Crippen LogP contribution in [0.25, 0.3) is 0 Å². The van der Waals surface area contributed by atoms with Gasteiger partial charge < -0.3 is 24.8 Å². The van der Waals surface area contributed by atoms with E-state index >= 15 is 0 Å². The van der Waals surface area contributed by atoms with Crippen molar-refractivity contribution in [1.29, 1.82) is 0 Å². The van der Waals surface area contributed by atoms with Gasteiger partial charge in [-0.1, -0.05) is 0 Å². The fraction of sp³-hybridized carbons (Fsp3) is 0.389. The zero-order valence-electron chi connectivity index (χ0n) is 15.4. The highest BCUT2D eigenvalue weighted by atomic mass is 32.1. The van der Waals surface area contributed by atoms with Crippen LogP contribution in [0.4, 0.5) is 5.13 Å². The van der Waals surface area contributed by atoms with Crippen LogP contribution in [-0.4, -0.2) is 44.7 Å². The number of thiazole rings is 1. The molecule has 2 N–H and O–H groups in total. The van der Waals surface area contributed by atoms with Crippen molar-refractivity contribution in [2.45, 2.75) is 19.3 Å². The highest BCUT2D eigenvalue weighted by Crippen LogP contribution is 2.38. The Morgan fingerprint density at radius 3 is 2.41 bits per heavy atom. The first kappa shape index (κ1) is 19.0. The van der Waals surface area contributed by atoms with Crippen LogP contribution in [0.3, 0.4) is 0 Å². The molecule has 2 aromatic rings. The topological polar surface area (TPSA) is 98.8 Å². The largest absolute Gasteiger partial charge is 0.493 e. The number of carbonyl (C=O) groups excluding carboxylic acids is 2. The van der Waals surface area contributed by atoms with Gasteiger partial charge in [0.15, 0.2) is 16.6 Å². The smallest absolute Gasteiger partial charge is 0.251 e. The molecule has 0 saturated heterocycles. The molecule has 9 heteroatoms. The number of methoxy groups -OCH3 is 3. The minimum Gasteiger partial charge on any atom is -0.493 e. The summed E-state index contributed by atoms with van der Waals surface area (Å²) in [5.41, 5.74) is 1.36. The highest BCUT2D eigenvalue weighted by molar-refractivity contribution is 7.15. The lowest BCUT2D eigenvalue weighted by Crippen LogP contribution is -2.32. The molecule has 0 atom stereocenters. The summed E-state index contributed by atoms with van der Waals surface area (Å²) < 4.78 is 15.7. The molecular formula is C18H21N3O5S. The summed E-state index contributed by atoms with van der Waals surface area (Å²) in [4.78, 5) is 30.1. The zero-order chi connectivity index (χ0) is 19.4. The quantitative estimate of drug-likeness (QED) is 0.749. The fourth-order valence-corrected chi connectivity index (χ4v) is 3.95. The van der Waals surface area contributed by atoms with Crippen molar-refractivity contribution in [3.05, 3.63) is 28.3 Å². The van der Waals surface area contributed by atoms with Gasteiger partial charge in [0.2, 0.25) is 11.7 Å². The Labute approximate surface area is 160 Å². The molecule has 3 rings (SSSR count). The summed E-state index contributed by atoms with van der Waals surface area (Å²) in [7, 11) is 4.43. The first-order valence-corrected chi connectivity index (χ1v) is 9.24. The number of ether oxygens (including phenoxy) is 3. The summed E-state index contributed by atoms with van der Waals surface area (Å²) in [6.07, 6.45) is 3.09. The van der Waals surface area contributed by atoms with Crippen molar-refractivity contribution in [2.75, 3.05) is 33.2 Å². The van der Waals surface area contributed by atoms with E-state index in [0.717, 1.165) is 25.0 Å². The average Bonchev–Trinajstić information content (AvgIpc) is 3.26. The number of amides is 2. The Kier molecular flexibility index (Phi) is 5.80. The summed E-state index contributed by atoms with van der Waals surface area (Å²) >= 11 is 1.49. The number of fused-ring (bicyclic) bond motifs is 1. The first-order chi connectivity index (χ1) is 13.0. The zero-order valence-corrected chi connectivity index (χ0v) is 16.2. The van der Waals surface area contributed by atoms with Gasteiger partial charge in [0.05, 0.1) is 33.6 Å². The molecule has 1 heterocycles. The summed E-state index contributed by atoms with van der Waals surface area (Å²) in [6.45, 7) is -0.167. The second kappa shape index (κ2) is 8.26. The van der Waals surface area contributed by atoms with E-state index in [1.165, 1.54) is 49.7 Å². The van der Waals surface area contributed by atoms with E-state index in [1.807, 2.05) is 0 Å². The summed E-state index contributed by atoms with van der Waals surface area (Å²) in [5.74, 6) is 0.368. The van der Waals surface area contributed by atoms with Gasteiger partial charge in [-0.3, -0.25) is 9.59 Å². The second-order valence-electron chi connectivity index (χ2n) is 5.89. The number of hydrogen-bond acceptors (Lipinski definition) is 7. The van der Waals surface area contributed by atoms with Crippen LogP contribution in [0.2, 0.25) is 0 Å². The maximum Gasteiger partial charge on any atom is 0.251 e. The minimum absolute atomic E-state index is 0.167. The summed E-state index contributed by atoms with van der Waals surface area (Å²) in [5, 5.41) is 5.88. The van der Waals surface area contributed by atoms with E-state index in [9.17, 15) is 9.59 Å². The molecule has 8 nitrogen and oxygen atoms in total. The molecule has 1 aromatic carbocycles. The first-order valence-electron chi connectivity index (χ1n) is 8.42. The van der Waals surface area contributed by atoms with E-state index in [4.69, 9.17) is 14.2 Å². The molecule has 0 bridgehead atoms. The van der Waals surface area contributed by atoms with Gasteiger partial charge in [0.25, 0.3) is 5.91 Å². The summed E-state index contributed by atoms with van der Waals surface area (Å²) in [6, 6.07) is 3.06. The van der Waals surface area contributed by atoms with Crippen molar-refractivity contribution in [2.24, 2.45) is 0 Å². The van der Waals surface area contributed by atoms with Gasteiger partial charge in [0.1, 0.15) is 0 Å². The normalized spacial score (nSPS) is 12.3. The van der Waals surface area contributed by atoms with Gasteiger partial charge in [-0.2, -0.15) is 0 Å². The maximum absolute atomic E-state index is 12.4. The van der Waals surface area contributed by atoms with E-state index in [1.54, 1.807) is 0 Å². The number of carbonyl (C=O) groups is 2. The lowest BCUT2D eigenvalue weighted by atomic mass is 10.1. The third kappa shape index (κ3) is 4.13. The molecule has 1 aromatic heterocycles. The third-order valence-corrected chi connectivity index (χ3v) is 5.25. The van der Waals surface area contributed by atoms with Gasteiger partial charge in [-0.05, 0) is 31.4 Å². The van der Waals surface area contributed by atoms with Crippen molar-refractivity contribution >= 4 is 28.3 Å². The molecule has 0 spiro atoms. The van der Waals surface area contributed by atoms with Crippen LogP contribution in [-0.2, 0) is 17.6 Å². The molecule has 1 aliphatic rings. The monoisotopic (exact) mass is 391 g/mol. The van der Waals surface area contributed by atoms with Gasteiger partial charge >= 0.3 is 0 Å². The van der Waals surface area contributed by atoms with E-state index in [2.05, 4.69) is 15.6 Å². The van der Waals surface area contributed by atoms with Crippen molar-refractivity contribution in [3.63, 3.8) is 0 Å². The van der Waals surface area contributed by atoms with Crippen molar-refractivity contribution in [1.82, 2.24) is 10.3 Å². The lowest BCUT2D eigenvalue weighted by molar-refractivity contribution is -0.115. The Hall–Kier alpha value is -2.81. The van der Waals surface area contributed by atoms with Gasteiger partial charge in [0, 0.05) is 10.4 Å². The number of nitrogens with one attached hydrogen (secondary N) is 2. The number of aromatic nitrogens is 1. The highest BCUT2D eigenvalue weighted by Gasteiger charge is 2.19. The Morgan fingerprint density at radius 2 is 1.81 bits per heavy atom. The number of anilines is 1. The number of aryl methyl sites for hydroxylation is 2. The Bertz CT molecular complexity index is 818. The molecule has 0 saturated carbocycles. The van der Waals surface area contributed by atoms with Crippen LogP contribution in [0, 0.1) is 0 Å². The predicted octanol–water partition coefficient (Wildman–Crippen LogP) is 2.03. The molecule has 0 fully saturated rings. The molecule has 2 amide bonds. The van der Waals surface area contributed by atoms with Gasteiger partial charge in [-0.15, -0.1) is 11.3 Å². The standard InChI is InChI=1S/C18H21N3O5S/c1-24-12-7-10(8-13(25-2)16(12)26-3)17(23)19-9-15(22)21-18-20-11-5-4-6-14(11)27-18/h7-8H,4-6,9H2,1-3H3,(H,19,23)(H,20,21,22). The molecule has 0 unspecified atom stereocenters. The maximum atomic E-state index is 12.4. The average molecular weight is 391 g/mol. The van der Waals surface area contributed by atoms with Crippen LogP contribution in [0.5, 0.6) is 17.2 Å². The van der Waals surface area contributed by atoms with Crippen molar-refractivity contribution < 1.29 is 23.8 Å². The van der Waals surface area contributed by atoms with E-state index in [-0.39, 0.29) is 12.5 Å². The molecular weight excluding hydrogens is 370 g/mol. The fourth-order valence-electron chi connectivity index (χ4n) is 2.88. The molecule has 0 aliphatic heterocycles. The minimum atomic E-state index is -0.425. The molecule has 0 radical (unpaired) electrons. The van der Waals surface area contributed by atoms with Crippen LogP contribution >= 0.6 is 11.3 Å². The molecule has 144 valence electrons. The Balaban J connectivity index is 1.62. The number of rotatable bonds is 7.